The smallest absolute Gasteiger partial charge is 0.285 e. The van der Waals surface area contributed by atoms with E-state index in [4.69, 9.17) is 12.2 Å². The minimum absolute atomic E-state index is 0.292. The van der Waals surface area contributed by atoms with Gasteiger partial charge in [-0.1, -0.05) is 23.9 Å². The van der Waals surface area contributed by atoms with Crippen molar-refractivity contribution in [3.8, 4) is 0 Å². The summed E-state index contributed by atoms with van der Waals surface area (Å²) in [4.78, 5) is 25.3. The minimum Gasteiger partial charge on any atom is -0.351 e. The van der Waals surface area contributed by atoms with Gasteiger partial charge in [0, 0.05) is 23.4 Å². The van der Waals surface area contributed by atoms with Crippen LogP contribution in [0.4, 0.5) is 0 Å². The Morgan fingerprint density at radius 2 is 2.04 bits per heavy atom. The summed E-state index contributed by atoms with van der Waals surface area (Å²) in [5, 5.41) is 1.11. The van der Waals surface area contributed by atoms with Crippen LogP contribution in [0.25, 0.3) is 6.08 Å². The van der Waals surface area contributed by atoms with E-state index in [0.717, 1.165) is 22.5 Å². The third-order valence-corrected chi connectivity index (χ3v) is 5.38. The van der Waals surface area contributed by atoms with Crippen molar-refractivity contribution >= 4 is 62.1 Å². The molecular formula is C16H12BrN3O2S2. The molecule has 0 spiro atoms. The zero-order valence-electron chi connectivity index (χ0n) is 12.5. The molecule has 122 valence electrons. The van der Waals surface area contributed by atoms with Crippen LogP contribution in [0.2, 0.25) is 0 Å². The van der Waals surface area contributed by atoms with Crippen LogP contribution < -0.4 is 5.43 Å². The molecular weight excluding hydrogens is 410 g/mol. The van der Waals surface area contributed by atoms with Crippen LogP contribution in [0.5, 0.6) is 0 Å². The zero-order chi connectivity index (χ0) is 17.3. The second-order valence-corrected chi connectivity index (χ2v) is 7.51. The highest BCUT2D eigenvalue weighted by Crippen LogP contribution is 2.31. The van der Waals surface area contributed by atoms with Crippen LogP contribution in [0.3, 0.4) is 0 Å². The fraction of sp³-hybridized carbons (Fsp3) is 0.0625. The van der Waals surface area contributed by atoms with E-state index < -0.39 is 5.91 Å². The van der Waals surface area contributed by atoms with Gasteiger partial charge in [-0.2, -0.15) is 5.01 Å². The van der Waals surface area contributed by atoms with E-state index in [1.54, 1.807) is 24.3 Å². The predicted molar refractivity (Wildman–Crippen MR) is 102 cm³/mol. The molecule has 2 aromatic rings. The molecule has 5 nitrogen and oxygen atoms in total. The summed E-state index contributed by atoms with van der Waals surface area (Å²) in [6.45, 7) is 0. The van der Waals surface area contributed by atoms with E-state index in [0.29, 0.717) is 19.3 Å². The van der Waals surface area contributed by atoms with Crippen molar-refractivity contribution < 1.29 is 9.59 Å². The number of nitrogens with zero attached hydrogens (tertiary/aromatic N) is 2. The number of rotatable bonds is 3. The average molecular weight is 422 g/mol. The number of hydrogen-bond donors (Lipinski definition) is 1. The number of carbonyl (C=O) groups excluding carboxylic acids is 2. The molecule has 8 heteroatoms. The van der Waals surface area contributed by atoms with Crippen LogP contribution in [0.1, 0.15) is 16.1 Å². The van der Waals surface area contributed by atoms with Crippen molar-refractivity contribution in [3.63, 3.8) is 0 Å². The number of carbonyl (C=O) groups is 2. The van der Waals surface area contributed by atoms with Crippen LogP contribution in [-0.4, -0.2) is 25.7 Å². The second-order valence-electron chi connectivity index (χ2n) is 4.98. The lowest BCUT2D eigenvalue weighted by Gasteiger charge is -2.16. The molecule has 0 bridgehead atoms. The van der Waals surface area contributed by atoms with Gasteiger partial charge in [0.1, 0.15) is 0 Å². The lowest BCUT2D eigenvalue weighted by Crippen LogP contribution is -2.44. The van der Waals surface area contributed by atoms with Crippen molar-refractivity contribution in [1.29, 1.82) is 0 Å². The predicted octanol–water partition coefficient (Wildman–Crippen LogP) is 3.33. The molecule has 1 aromatic heterocycles. The van der Waals surface area contributed by atoms with Gasteiger partial charge in [0.05, 0.1) is 10.5 Å². The van der Waals surface area contributed by atoms with E-state index in [9.17, 15) is 9.59 Å². The number of nitrogens with one attached hydrogen (secondary N) is 1. The minimum atomic E-state index is -0.404. The van der Waals surface area contributed by atoms with Gasteiger partial charge in [-0.15, -0.1) is 0 Å². The quantitative estimate of drug-likeness (QED) is 0.609. The lowest BCUT2D eigenvalue weighted by atomic mass is 10.2. The van der Waals surface area contributed by atoms with Crippen molar-refractivity contribution in [3.05, 3.63) is 63.2 Å². The molecule has 1 aliphatic rings. The molecule has 2 amide bonds. The number of thioether (sulfide) groups is 1. The molecule has 2 heterocycles. The Morgan fingerprint density at radius 3 is 2.71 bits per heavy atom. The first-order chi connectivity index (χ1) is 11.5. The van der Waals surface area contributed by atoms with E-state index >= 15 is 0 Å². The molecule has 1 fully saturated rings. The molecule has 3 rings (SSSR count). The summed E-state index contributed by atoms with van der Waals surface area (Å²) in [5.74, 6) is -0.745. The second kappa shape index (κ2) is 6.92. The number of amides is 2. The molecule has 0 radical (unpaired) electrons. The normalized spacial score (nSPS) is 16.1. The van der Waals surface area contributed by atoms with Gasteiger partial charge in [-0.3, -0.25) is 15.0 Å². The van der Waals surface area contributed by atoms with Crippen LogP contribution >= 0.6 is 39.9 Å². The Morgan fingerprint density at radius 1 is 1.29 bits per heavy atom. The van der Waals surface area contributed by atoms with Crippen molar-refractivity contribution in [2.45, 2.75) is 0 Å². The molecule has 0 atom stereocenters. The molecule has 1 aromatic carbocycles. The third kappa shape index (κ3) is 3.31. The molecule has 1 N–H and O–H groups in total. The van der Waals surface area contributed by atoms with E-state index in [1.165, 1.54) is 0 Å². The van der Waals surface area contributed by atoms with Crippen molar-refractivity contribution in [1.82, 2.24) is 15.0 Å². The zero-order valence-corrected chi connectivity index (χ0v) is 15.7. The SMILES string of the molecule is Cn1cccc1/C=C1\SC(=S)N(NC(=O)c2ccccc2Br)C1=O. The number of aryl methyl sites for hydroxylation is 1. The molecule has 24 heavy (non-hydrogen) atoms. The largest absolute Gasteiger partial charge is 0.351 e. The highest BCUT2D eigenvalue weighted by atomic mass is 79.9. The van der Waals surface area contributed by atoms with Gasteiger partial charge in [0.25, 0.3) is 11.8 Å². The van der Waals surface area contributed by atoms with E-state index in [1.807, 2.05) is 36.0 Å². The Kier molecular flexibility index (Phi) is 4.88. The Hall–Kier alpha value is -1.90. The first-order valence-electron chi connectivity index (χ1n) is 6.92. The number of benzene rings is 1. The number of halogens is 1. The van der Waals surface area contributed by atoms with Gasteiger partial charge in [0.2, 0.25) is 0 Å². The molecule has 0 unspecified atom stereocenters. The Balaban J connectivity index is 1.80. The monoisotopic (exact) mass is 421 g/mol. The van der Waals surface area contributed by atoms with Gasteiger partial charge < -0.3 is 4.57 Å². The average Bonchev–Trinajstić information content (AvgIpc) is 3.06. The van der Waals surface area contributed by atoms with Gasteiger partial charge in [-0.05, 0) is 58.5 Å². The fourth-order valence-electron chi connectivity index (χ4n) is 2.13. The summed E-state index contributed by atoms with van der Waals surface area (Å²) < 4.78 is 2.83. The fourth-order valence-corrected chi connectivity index (χ4v) is 3.76. The Labute approximate surface area is 156 Å². The summed E-state index contributed by atoms with van der Waals surface area (Å²) in [5.41, 5.74) is 3.88. The highest BCUT2D eigenvalue weighted by Gasteiger charge is 2.34. The number of aromatic nitrogens is 1. The van der Waals surface area contributed by atoms with Gasteiger partial charge in [-0.25, -0.2) is 0 Å². The number of hydrogen-bond acceptors (Lipinski definition) is 4. The number of hydrazine groups is 1. The standard InChI is InChI=1S/C16H12BrN3O2S2/c1-19-8-4-5-10(19)9-13-15(22)20(16(23)24-13)18-14(21)11-6-2-3-7-12(11)17/h2-9H,1H3,(H,18,21)/b13-9-. The maximum atomic E-state index is 12.5. The van der Waals surface area contributed by atoms with Gasteiger partial charge >= 0.3 is 0 Å². The summed E-state index contributed by atoms with van der Waals surface area (Å²) in [7, 11) is 1.89. The molecule has 0 saturated carbocycles. The Bertz CT molecular complexity index is 876. The van der Waals surface area contributed by atoms with Crippen molar-refractivity contribution in [2.24, 2.45) is 7.05 Å². The van der Waals surface area contributed by atoms with Crippen molar-refractivity contribution in [2.75, 3.05) is 0 Å². The first-order valence-corrected chi connectivity index (χ1v) is 8.94. The van der Waals surface area contributed by atoms with Gasteiger partial charge in [0.15, 0.2) is 4.32 Å². The molecule has 0 aliphatic carbocycles. The third-order valence-electron chi connectivity index (χ3n) is 3.39. The highest BCUT2D eigenvalue weighted by molar-refractivity contribution is 9.10. The topological polar surface area (TPSA) is 54.3 Å². The van der Waals surface area contributed by atoms with E-state index in [2.05, 4.69) is 21.4 Å². The maximum Gasteiger partial charge on any atom is 0.285 e. The maximum absolute atomic E-state index is 12.5. The van der Waals surface area contributed by atoms with Crippen LogP contribution in [0.15, 0.2) is 52.0 Å². The van der Waals surface area contributed by atoms with Crippen LogP contribution in [0, 0.1) is 0 Å². The molecule has 1 aliphatic heterocycles. The summed E-state index contributed by atoms with van der Waals surface area (Å²) in [6.07, 6.45) is 3.64. The lowest BCUT2D eigenvalue weighted by molar-refractivity contribution is -0.123. The van der Waals surface area contributed by atoms with Crippen LogP contribution in [-0.2, 0) is 11.8 Å². The molecule has 1 saturated heterocycles. The first kappa shape index (κ1) is 16.9. The number of thiocarbonyl (C=S) groups is 1. The summed E-state index contributed by atoms with van der Waals surface area (Å²) in [6, 6.07) is 10.8. The summed E-state index contributed by atoms with van der Waals surface area (Å²) >= 11 is 9.70. The van der Waals surface area contributed by atoms with E-state index in [-0.39, 0.29) is 5.91 Å².